The van der Waals surface area contributed by atoms with Crippen LogP contribution in [-0.2, 0) is 0 Å². The lowest BCUT2D eigenvalue weighted by Crippen LogP contribution is -1.85. The molecule has 0 saturated heterocycles. The van der Waals surface area contributed by atoms with E-state index in [1.54, 1.807) is 6.07 Å². The minimum absolute atomic E-state index is 0.616. The van der Waals surface area contributed by atoms with Crippen molar-refractivity contribution in [3.8, 4) is 11.8 Å². The van der Waals surface area contributed by atoms with E-state index in [2.05, 4.69) is 24.5 Å². The number of hydrogen-bond donors (Lipinski definition) is 1. The van der Waals surface area contributed by atoms with Crippen molar-refractivity contribution in [2.75, 3.05) is 0 Å². The van der Waals surface area contributed by atoms with Gasteiger partial charge in [-0.15, -0.1) is 12.6 Å². The molecule has 82 valence electrons. The first-order chi connectivity index (χ1) is 8.29. The molecule has 0 atom stereocenters. The Morgan fingerprint density at radius 2 is 1.65 bits per heavy atom. The highest BCUT2D eigenvalue weighted by molar-refractivity contribution is 7.80. The van der Waals surface area contributed by atoms with Gasteiger partial charge in [0.25, 0.3) is 0 Å². The largest absolute Gasteiger partial charge is 0.298 e. The highest BCUT2D eigenvalue weighted by Gasteiger charge is 1.95. The van der Waals surface area contributed by atoms with E-state index in [0.29, 0.717) is 5.56 Å². The highest BCUT2D eigenvalue weighted by atomic mass is 32.1. The molecule has 0 bridgehead atoms. The molecule has 17 heavy (non-hydrogen) atoms. The van der Waals surface area contributed by atoms with E-state index in [0.717, 1.165) is 22.3 Å². The van der Waals surface area contributed by atoms with Crippen molar-refractivity contribution >= 4 is 18.9 Å². The molecule has 0 N–H and O–H groups in total. The minimum Gasteiger partial charge on any atom is -0.298 e. The van der Waals surface area contributed by atoms with E-state index in [4.69, 9.17) is 0 Å². The molecule has 0 aliphatic carbocycles. The summed E-state index contributed by atoms with van der Waals surface area (Å²) in [6, 6.07) is 14.9. The summed E-state index contributed by atoms with van der Waals surface area (Å²) < 4.78 is 0. The summed E-state index contributed by atoms with van der Waals surface area (Å²) in [5.74, 6) is 6.01. The van der Waals surface area contributed by atoms with Gasteiger partial charge in [0.2, 0.25) is 0 Å². The van der Waals surface area contributed by atoms with Crippen molar-refractivity contribution in [1.29, 1.82) is 0 Å². The molecular formula is C15H10OS. The van der Waals surface area contributed by atoms with Crippen LogP contribution in [0.15, 0.2) is 53.4 Å². The molecule has 0 spiro atoms. The van der Waals surface area contributed by atoms with Crippen LogP contribution in [0.1, 0.15) is 21.5 Å². The fourth-order valence-corrected chi connectivity index (χ4v) is 1.55. The van der Waals surface area contributed by atoms with Crippen LogP contribution in [-0.4, -0.2) is 6.29 Å². The Morgan fingerprint density at radius 3 is 2.35 bits per heavy atom. The van der Waals surface area contributed by atoms with Crippen molar-refractivity contribution in [1.82, 2.24) is 0 Å². The average Bonchev–Trinajstić information content (AvgIpc) is 2.38. The van der Waals surface area contributed by atoms with Crippen LogP contribution in [0.3, 0.4) is 0 Å². The zero-order chi connectivity index (χ0) is 12.1. The zero-order valence-corrected chi connectivity index (χ0v) is 9.95. The predicted molar refractivity (Wildman–Crippen MR) is 71.5 cm³/mol. The summed E-state index contributed by atoms with van der Waals surface area (Å²) in [5.41, 5.74) is 2.27. The third-order valence-electron chi connectivity index (χ3n) is 2.30. The first-order valence-electron chi connectivity index (χ1n) is 5.15. The number of thiol groups is 1. The van der Waals surface area contributed by atoms with E-state index >= 15 is 0 Å². The smallest absolute Gasteiger partial charge is 0.151 e. The first-order valence-corrected chi connectivity index (χ1v) is 5.59. The Bertz CT molecular complexity index is 588. The second kappa shape index (κ2) is 5.38. The van der Waals surface area contributed by atoms with Crippen LogP contribution in [0, 0.1) is 11.8 Å². The fraction of sp³-hybridized carbons (Fsp3) is 0. The summed E-state index contributed by atoms with van der Waals surface area (Å²) in [6.45, 7) is 0. The van der Waals surface area contributed by atoms with Crippen LogP contribution in [0.4, 0.5) is 0 Å². The van der Waals surface area contributed by atoms with Gasteiger partial charge in [-0.05, 0) is 30.3 Å². The number of aldehydes is 1. The van der Waals surface area contributed by atoms with Gasteiger partial charge in [0.1, 0.15) is 0 Å². The van der Waals surface area contributed by atoms with E-state index in [1.807, 2.05) is 42.5 Å². The number of benzene rings is 2. The van der Waals surface area contributed by atoms with Crippen molar-refractivity contribution in [2.45, 2.75) is 4.90 Å². The van der Waals surface area contributed by atoms with Gasteiger partial charge in [0.15, 0.2) is 6.29 Å². The lowest BCUT2D eigenvalue weighted by atomic mass is 10.1. The third kappa shape index (κ3) is 2.99. The average molecular weight is 238 g/mol. The molecule has 2 rings (SSSR count). The Kier molecular flexibility index (Phi) is 3.64. The lowest BCUT2D eigenvalue weighted by molar-refractivity contribution is 0.112. The Balaban J connectivity index is 2.32. The third-order valence-corrected chi connectivity index (χ3v) is 2.59. The molecule has 0 radical (unpaired) electrons. The molecule has 0 unspecified atom stereocenters. The molecule has 0 fully saturated rings. The van der Waals surface area contributed by atoms with Gasteiger partial charge in [-0.25, -0.2) is 0 Å². The first kappa shape index (κ1) is 11.5. The number of carbonyl (C=O) groups is 1. The Hall–Kier alpha value is -1.98. The fourth-order valence-electron chi connectivity index (χ4n) is 1.40. The molecule has 0 aliphatic rings. The number of rotatable bonds is 1. The molecule has 2 aromatic rings. The quantitative estimate of drug-likeness (QED) is 0.458. The van der Waals surface area contributed by atoms with Gasteiger partial charge in [-0.3, -0.25) is 4.79 Å². The molecule has 0 heterocycles. The molecular weight excluding hydrogens is 228 g/mol. The van der Waals surface area contributed by atoms with E-state index in [9.17, 15) is 4.79 Å². The maximum Gasteiger partial charge on any atom is 0.151 e. The van der Waals surface area contributed by atoms with Crippen LogP contribution < -0.4 is 0 Å². The molecule has 2 aromatic carbocycles. The maximum absolute atomic E-state index is 10.8. The van der Waals surface area contributed by atoms with Crippen molar-refractivity contribution in [3.05, 3.63) is 65.2 Å². The molecule has 1 nitrogen and oxygen atoms in total. The van der Waals surface area contributed by atoms with Gasteiger partial charge in [0.05, 0.1) is 0 Å². The maximum atomic E-state index is 10.8. The Labute approximate surface area is 106 Å². The van der Waals surface area contributed by atoms with Crippen molar-refractivity contribution < 1.29 is 4.79 Å². The van der Waals surface area contributed by atoms with E-state index in [1.165, 1.54) is 0 Å². The van der Waals surface area contributed by atoms with E-state index in [-0.39, 0.29) is 0 Å². The second-order valence-corrected chi connectivity index (χ2v) is 4.02. The van der Waals surface area contributed by atoms with E-state index < -0.39 is 0 Å². The number of hydrogen-bond acceptors (Lipinski definition) is 2. The van der Waals surface area contributed by atoms with Crippen LogP contribution in [0.5, 0.6) is 0 Å². The summed E-state index contributed by atoms with van der Waals surface area (Å²) >= 11 is 4.21. The summed E-state index contributed by atoms with van der Waals surface area (Å²) in [5, 5.41) is 0. The lowest BCUT2D eigenvalue weighted by Gasteiger charge is -1.94. The monoisotopic (exact) mass is 238 g/mol. The van der Waals surface area contributed by atoms with Crippen molar-refractivity contribution in [2.24, 2.45) is 0 Å². The normalized spacial score (nSPS) is 9.24. The van der Waals surface area contributed by atoms with Gasteiger partial charge in [-0.1, -0.05) is 30.0 Å². The van der Waals surface area contributed by atoms with Crippen LogP contribution in [0.2, 0.25) is 0 Å². The summed E-state index contributed by atoms with van der Waals surface area (Å²) in [6.07, 6.45) is 0.820. The topological polar surface area (TPSA) is 17.1 Å². The molecule has 2 heteroatoms. The van der Waals surface area contributed by atoms with Crippen LogP contribution >= 0.6 is 12.6 Å². The minimum atomic E-state index is 0.616. The van der Waals surface area contributed by atoms with Gasteiger partial charge < -0.3 is 0 Å². The zero-order valence-electron chi connectivity index (χ0n) is 9.05. The summed E-state index contributed by atoms with van der Waals surface area (Å²) in [7, 11) is 0. The van der Waals surface area contributed by atoms with Gasteiger partial charge >= 0.3 is 0 Å². The van der Waals surface area contributed by atoms with Gasteiger partial charge in [-0.2, -0.15) is 0 Å². The van der Waals surface area contributed by atoms with Crippen LogP contribution in [0.25, 0.3) is 0 Å². The molecule has 0 saturated carbocycles. The Morgan fingerprint density at radius 1 is 0.941 bits per heavy atom. The number of carbonyl (C=O) groups excluding carboxylic acids is 1. The SMILES string of the molecule is O=Cc1ccccc1C#Cc1ccc(S)cc1. The van der Waals surface area contributed by atoms with Crippen molar-refractivity contribution in [3.63, 3.8) is 0 Å². The molecule has 0 aliphatic heterocycles. The summed E-state index contributed by atoms with van der Waals surface area (Å²) in [4.78, 5) is 11.7. The second-order valence-electron chi connectivity index (χ2n) is 3.50. The van der Waals surface area contributed by atoms with Gasteiger partial charge in [0, 0.05) is 21.6 Å². The molecule has 0 aromatic heterocycles. The highest BCUT2D eigenvalue weighted by Crippen LogP contribution is 2.08. The standard InChI is InChI=1S/C15H10OS/c16-11-14-4-2-1-3-13(14)8-5-12-6-9-15(17)10-7-12/h1-4,6-7,9-11,17H. The molecule has 0 amide bonds. The predicted octanol–water partition coefficient (Wildman–Crippen LogP) is 3.19.